The zero-order chi connectivity index (χ0) is 10.6. The largest absolute Gasteiger partial charge is 0.524 e. The van der Waals surface area contributed by atoms with E-state index in [0.717, 1.165) is 0 Å². The van der Waals surface area contributed by atoms with Crippen LogP contribution < -0.4 is 4.72 Å². The van der Waals surface area contributed by atoms with Gasteiger partial charge in [-0.05, 0) is 13.3 Å². The zero-order valence-corrected chi connectivity index (χ0v) is 8.43. The number of aliphatic hydroxyl groups is 1. The first kappa shape index (κ1) is 12.6. The normalized spacial score (nSPS) is 16.5. The van der Waals surface area contributed by atoms with Gasteiger partial charge in [-0.25, -0.2) is 13.1 Å². The van der Waals surface area contributed by atoms with Crippen molar-refractivity contribution in [1.82, 2.24) is 4.72 Å². The zero-order valence-electron chi connectivity index (χ0n) is 7.61. The molecule has 0 aromatic rings. The van der Waals surface area contributed by atoms with Gasteiger partial charge >= 0.3 is 0 Å². The standard InChI is InChI=1S/C6H11B2NO3S/c1-3-4(2)9-13(11,12)6(8)5(7)10/h4,9-10H,3H2,1-2H3/b6-5-. The first-order chi connectivity index (χ1) is 5.81. The Morgan fingerprint density at radius 1 is 1.54 bits per heavy atom. The van der Waals surface area contributed by atoms with E-state index >= 15 is 0 Å². The Bertz CT molecular complexity index is 295. The lowest BCUT2D eigenvalue weighted by Gasteiger charge is -2.13. The summed E-state index contributed by atoms with van der Waals surface area (Å²) in [7, 11) is 6.04. The summed E-state index contributed by atoms with van der Waals surface area (Å²) in [5.74, 6) is 0. The van der Waals surface area contributed by atoms with E-state index in [9.17, 15) is 8.42 Å². The fraction of sp³-hybridized carbons (Fsp3) is 0.667. The minimum atomic E-state index is -3.84. The van der Waals surface area contributed by atoms with Crippen LogP contribution >= 0.6 is 0 Å². The lowest BCUT2D eigenvalue weighted by molar-refractivity contribution is 0.450. The number of sulfonamides is 1. The molecule has 1 atom stereocenters. The van der Waals surface area contributed by atoms with E-state index in [-0.39, 0.29) is 6.04 Å². The average Bonchev–Trinajstić information content (AvgIpc) is 2.01. The average molecular weight is 199 g/mol. The van der Waals surface area contributed by atoms with Crippen LogP contribution in [0.2, 0.25) is 0 Å². The molecule has 0 bridgehead atoms. The lowest BCUT2D eigenvalue weighted by Crippen LogP contribution is -2.33. The molecule has 70 valence electrons. The Labute approximate surface area is 81.3 Å². The molecule has 0 amide bonds. The molecule has 0 heterocycles. The van der Waals surface area contributed by atoms with Crippen LogP contribution in [0.25, 0.3) is 0 Å². The Morgan fingerprint density at radius 2 is 2.00 bits per heavy atom. The fourth-order valence-corrected chi connectivity index (χ4v) is 1.65. The van der Waals surface area contributed by atoms with Crippen molar-refractivity contribution in [3.8, 4) is 0 Å². The maximum Gasteiger partial charge on any atom is 0.229 e. The first-order valence-electron chi connectivity index (χ1n) is 3.77. The number of hydrogen-bond acceptors (Lipinski definition) is 3. The van der Waals surface area contributed by atoms with Gasteiger partial charge in [0.15, 0.2) is 7.85 Å². The third kappa shape index (κ3) is 3.87. The van der Waals surface area contributed by atoms with Gasteiger partial charge in [0.1, 0.15) is 7.85 Å². The molecule has 0 aromatic heterocycles. The summed E-state index contributed by atoms with van der Waals surface area (Å²) in [5, 5.41) is 8.66. The minimum Gasteiger partial charge on any atom is -0.524 e. The van der Waals surface area contributed by atoms with Gasteiger partial charge in [-0.15, -0.1) is 0 Å². The van der Waals surface area contributed by atoms with E-state index in [1.165, 1.54) is 0 Å². The summed E-state index contributed by atoms with van der Waals surface area (Å²) < 4.78 is 24.7. The highest BCUT2D eigenvalue weighted by Gasteiger charge is 2.16. The van der Waals surface area contributed by atoms with E-state index in [4.69, 9.17) is 20.8 Å². The second-order valence-electron chi connectivity index (χ2n) is 2.68. The molecule has 0 fully saturated rings. The third-order valence-electron chi connectivity index (χ3n) is 1.51. The van der Waals surface area contributed by atoms with Gasteiger partial charge in [0.25, 0.3) is 0 Å². The molecular weight excluding hydrogens is 188 g/mol. The molecule has 4 nitrogen and oxygen atoms in total. The maximum absolute atomic E-state index is 11.2. The van der Waals surface area contributed by atoms with Gasteiger partial charge in [0.2, 0.25) is 10.0 Å². The highest BCUT2D eigenvalue weighted by atomic mass is 32.2. The van der Waals surface area contributed by atoms with Crippen LogP contribution in [0.4, 0.5) is 0 Å². The van der Waals surface area contributed by atoms with Crippen LogP contribution in [0.5, 0.6) is 0 Å². The number of nitrogens with one attached hydrogen (secondary N) is 1. The predicted octanol–water partition coefficient (Wildman–Crippen LogP) is -0.274. The van der Waals surface area contributed by atoms with Crippen molar-refractivity contribution in [2.45, 2.75) is 26.3 Å². The molecule has 2 N–H and O–H groups in total. The van der Waals surface area contributed by atoms with Crippen molar-refractivity contribution in [2.75, 3.05) is 0 Å². The third-order valence-corrected chi connectivity index (χ3v) is 3.01. The molecule has 0 aliphatic carbocycles. The fourth-order valence-electron chi connectivity index (χ4n) is 0.549. The molecule has 13 heavy (non-hydrogen) atoms. The highest BCUT2D eigenvalue weighted by Crippen LogP contribution is 2.04. The van der Waals surface area contributed by atoms with Crippen LogP contribution in [0.3, 0.4) is 0 Å². The SMILES string of the molecule is [B]/C(O)=C(\[B])S(=O)(=O)NC(C)CC. The van der Waals surface area contributed by atoms with E-state index in [1.54, 1.807) is 6.92 Å². The van der Waals surface area contributed by atoms with Gasteiger partial charge < -0.3 is 5.11 Å². The summed E-state index contributed by atoms with van der Waals surface area (Å²) in [6.45, 7) is 3.49. The lowest BCUT2D eigenvalue weighted by atomic mass is 9.99. The predicted molar refractivity (Wildman–Crippen MR) is 53.0 cm³/mol. The quantitative estimate of drug-likeness (QED) is 0.483. The van der Waals surface area contributed by atoms with E-state index in [0.29, 0.717) is 6.42 Å². The second kappa shape index (κ2) is 4.72. The van der Waals surface area contributed by atoms with Crippen molar-refractivity contribution < 1.29 is 13.5 Å². The molecular formula is C6H11B2NO3S. The van der Waals surface area contributed by atoms with Gasteiger partial charge in [-0.1, -0.05) is 6.92 Å². The Kier molecular flexibility index (Phi) is 4.56. The van der Waals surface area contributed by atoms with Crippen molar-refractivity contribution >= 4 is 25.7 Å². The number of hydrogen-bond donors (Lipinski definition) is 2. The number of rotatable bonds is 4. The summed E-state index contributed by atoms with van der Waals surface area (Å²) in [6, 6.07) is -0.247. The molecule has 0 aliphatic heterocycles. The summed E-state index contributed by atoms with van der Waals surface area (Å²) in [5.41, 5.74) is -0.893. The minimum absolute atomic E-state index is 0.247. The van der Waals surface area contributed by atoms with Crippen molar-refractivity contribution in [3.63, 3.8) is 0 Å². The van der Waals surface area contributed by atoms with Crippen LogP contribution in [0.1, 0.15) is 20.3 Å². The molecule has 0 aromatic carbocycles. The molecule has 4 radical (unpaired) electrons. The molecule has 0 saturated carbocycles. The van der Waals surface area contributed by atoms with Crippen LogP contribution in [-0.2, 0) is 10.0 Å². The molecule has 0 saturated heterocycles. The molecule has 7 heteroatoms. The summed E-state index contributed by atoms with van der Waals surface area (Å²) in [4.78, 5) is -0.743. The smallest absolute Gasteiger partial charge is 0.229 e. The van der Waals surface area contributed by atoms with Crippen molar-refractivity contribution in [3.05, 3.63) is 10.5 Å². The van der Waals surface area contributed by atoms with Crippen molar-refractivity contribution in [2.24, 2.45) is 0 Å². The number of aliphatic hydroxyl groups excluding tert-OH is 1. The topological polar surface area (TPSA) is 66.4 Å². The maximum atomic E-state index is 11.2. The van der Waals surface area contributed by atoms with E-state index in [1.807, 2.05) is 6.92 Å². The van der Waals surface area contributed by atoms with Gasteiger partial charge in [0, 0.05) is 16.5 Å². The van der Waals surface area contributed by atoms with Crippen molar-refractivity contribution in [1.29, 1.82) is 0 Å². The van der Waals surface area contributed by atoms with Crippen LogP contribution in [-0.4, -0.2) is 35.3 Å². The van der Waals surface area contributed by atoms with Gasteiger partial charge in [-0.2, -0.15) is 0 Å². The first-order valence-corrected chi connectivity index (χ1v) is 5.26. The molecule has 1 unspecified atom stereocenters. The van der Waals surface area contributed by atoms with E-state index < -0.39 is 20.5 Å². The Hall–Kier alpha value is -0.420. The van der Waals surface area contributed by atoms with Crippen LogP contribution in [0, 0.1) is 0 Å². The Morgan fingerprint density at radius 3 is 2.31 bits per heavy atom. The molecule has 0 aliphatic rings. The summed E-state index contributed by atoms with van der Waals surface area (Å²) in [6.07, 6.45) is 0.623. The van der Waals surface area contributed by atoms with Gasteiger partial charge in [0.05, 0.1) is 0 Å². The Balaban J connectivity index is 4.71. The monoisotopic (exact) mass is 199 g/mol. The highest BCUT2D eigenvalue weighted by molar-refractivity contribution is 7.95. The second-order valence-corrected chi connectivity index (χ2v) is 4.36. The summed E-state index contributed by atoms with van der Waals surface area (Å²) >= 11 is 0. The van der Waals surface area contributed by atoms with E-state index in [2.05, 4.69) is 4.72 Å². The van der Waals surface area contributed by atoms with Crippen LogP contribution in [0.15, 0.2) is 10.5 Å². The molecule has 0 spiro atoms. The molecule has 0 rings (SSSR count). The van der Waals surface area contributed by atoms with Gasteiger partial charge in [-0.3, -0.25) is 0 Å².